The summed E-state index contributed by atoms with van der Waals surface area (Å²) < 4.78 is 5.37. The molecule has 13 heteroatoms. The standard InChI is InChI=1S/C24H17N5O8/c30-22-21-20-11-14(12-25(20)24(32)37-15-7-5-13(6-8-15)28(33)34)26(21)23(31)27(22)18-9-10-19(29(35)36)17-4-2-1-3-16(17)18/h1-10,14,20-21H,11-12H2. The molecule has 3 aromatic carbocycles. The summed E-state index contributed by atoms with van der Waals surface area (Å²) in [5.74, 6) is -0.410. The third kappa shape index (κ3) is 3.27. The number of hydrogen-bond donors (Lipinski definition) is 0. The number of rotatable bonds is 4. The SMILES string of the molecule is O=C1C2C3CC(CN3C(=O)Oc3ccc([N+](=O)[O-])cc3)N2C(=O)N1c1ccc([N+](=O)[O-])c2ccccc12. The summed E-state index contributed by atoms with van der Waals surface area (Å²) in [6.45, 7) is 0.168. The number of hydrogen-bond acceptors (Lipinski definition) is 8. The van der Waals surface area contributed by atoms with Crippen molar-refractivity contribution >= 4 is 45.9 Å². The molecule has 0 N–H and O–H groups in total. The zero-order chi connectivity index (χ0) is 26.0. The van der Waals surface area contributed by atoms with E-state index in [9.17, 15) is 34.6 Å². The second kappa shape index (κ2) is 7.98. The Morgan fingerprint density at radius 3 is 2.30 bits per heavy atom. The molecule has 2 bridgehead atoms. The molecule has 4 amide bonds. The largest absolute Gasteiger partial charge is 0.415 e. The van der Waals surface area contributed by atoms with Crippen molar-refractivity contribution in [2.75, 3.05) is 11.4 Å². The van der Waals surface area contributed by atoms with Crippen molar-refractivity contribution in [2.45, 2.75) is 24.5 Å². The number of fused-ring (bicyclic) bond motifs is 6. The van der Waals surface area contributed by atoms with E-state index in [4.69, 9.17) is 4.74 Å². The molecule has 0 saturated carbocycles. The molecular formula is C24H17N5O8. The van der Waals surface area contributed by atoms with E-state index in [0.717, 1.165) is 4.90 Å². The van der Waals surface area contributed by atoms with Crippen molar-refractivity contribution in [3.63, 3.8) is 0 Å². The van der Waals surface area contributed by atoms with Crippen molar-refractivity contribution in [1.29, 1.82) is 0 Å². The number of piperazine rings is 1. The van der Waals surface area contributed by atoms with Gasteiger partial charge < -0.3 is 14.5 Å². The Hall–Kier alpha value is -5.07. The van der Waals surface area contributed by atoms with E-state index in [0.29, 0.717) is 17.2 Å². The quantitative estimate of drug-likeness (QED) is 0.298. The number of urea groups is 1. The van der Waals surface area contributed by atoms with Gasteiger partial charge in [-0.1, -0.05) is 18.2 Å². The number of benzene rings is 3. The fourth-order valence-electron chi connectivity index (χ4n) is 5.51. The molecule has 3 atom stereocenters. The molecule has 3 aromatic rings. The maximum absolute atomic E-state index is 13.6. The Labute approximate surface area is 207 Å². The molecule has 3 unspecified atom stereocenters. The Morgan fingerprint density at radius 2 is 1.62 bits per heavy atom. The summed E-state index contributed by atoms with van der Waals surface area (Å²) in [6.07, 6.45) is -0.313. The average Bonchev–Trinajstić information content (AvgIpc) is 3.55. The fraction of sp³-hybridized carbons (Fsp3) is 0.208. The van der Waals surface area contributed by atoms with Gasteiger partial charge in [-0.15, -0.1) is 0 Å². The lowest BCUT2D eigenvalue weighted by atomic mass is 10.0. The highest BCUT2D eigenvalue weighted by molar-refractivity contribution is 6.25. The summed E-state index contributed by atoms with van der Waals surface area (Å²) in [5.41, 5.74) is -0.0474. The first-order chi connectivity index (χ1) is 17.8. The van der Waals surface area contributed by atoms with Crippen molar-refractivity contribution in [2.24, 2.45) is 0 Å². The number of ether oxygens (including phenoxy) is 1. The summed E-state index contributed by atoms with van der Waals surface area (Å²) in [7, 11) is 0. The van der Waals surface area contributed by atoms with Crippen LogP contribution in [-0.4, -0.2) is 62.3 Å². The molecule has 186 valence electrons. The highest BCUT2D eigenvalue weighted by Gasteiger charge is 2.63. The molecule has 0 spiro atoms. The van der Waals surface area contributed by atoms with Crippen LogP contribution in [0.3, 0.4) is 0 Å². The number of carbonyl (C=O) groups is 3. The maximum Gasteiger partial charge on any atom is 0.415 e. The zero-order valence-electron chi connectivity index (χ0n) is 18.9. The molecule has 3 fully saturated rings. The minimum Gasteiger partial charge on any atom is -0.410 e. The Morgan fingerprint density at radius 1 is 0.919 bits per heavy atom. The molecule has 3 heterocycles. The van der Waals surface area contributed by atoms with Crippen LogP contribution in [0, 0.1) is 20.2 Å². The number of carbonyl (C=O) groups excluding carboxylic acids is 3. The number of likely N-dealkylation sites (tertiary alicyclic amines) is 1. The number of amides is 4. The van der Waals surface area contributed by atoms with Crippen LogP contribution < -0.4 is 9.64 Å². The Kier molecular flexibility index (Phi) is 4.83. The fourth-order valence-corrected chi connectivity index (χ4v) is 5.51. The van der Waals surface area contributed by atoms with Gasteiger partial charge in [0.2, 0.25) is 0 Å². The van der Waals surface area contributed by atoms with Crippen LogP contribution in [0.15, 0.2) is 60.7 Å². The van der Waals surface area contributed by atoms with E-state index in [2.05, 4.69) is 0 Å². The smallest absolute Gasteiger partial charge is 0.410 e. The highest BCUT2D eigenvalue weighted by Crippen LogP contribution is 2.44. The van der Waals surface area contributed by atoms with Crippen LogP contribution in [-0.2, 0) is 4.79 Å². The van der Waals surface area contributed by atoms with E-state index in [1.807, 2.05) is 0 Å². The molecule has 3 saturated heterocycles. The first-order valence-corrected chi connectivity index (χ1v) is 11.3. The van der Waals surface area contributed by atoms with Crippen LogP contribution in [0.1, 0.15) is 6.42 Å². The summed E-state index contributed by atoms with van der Waals surface area (Å²) in [5, 5.41) is 23.0. The van der Waals surface area contributed by atoms with E-state index in [1.165, 1.54) is 46.2 Å². The van der Waals surface area contributed by atoms with Gasteiger partial charge in [0.25, 0.3) is 17.3 Å². The normalized spacial score (nSPS) is 22.1. The summed E-state index contributed by atoms with van der Waals surface area (Å²) >= 11 is 0. The maximum atomic E-state index is 13.6. The third-order valence-electron chi connectivity index (χ3n) is 7.07. The predicted octanol–water partition coefficient (Wildman–Crippen LogP) is 3.45. The van der Waals surface area contributed by atoms with Crippen molar-refractivity contribution in [3.8, 4) is 5.75 Å². The van der Waals surface area contributed by atoms with Gasteiger partial charge in [-0.25, -0.2) is 14.5 Å². The van der Waals surface area contributed by atoms with Crippen LogP contribution in [0.25, 0.3) is 10.8 Å². The first-order valence-electron chi connectivity index (χ1n) is 11.3. The predicted molar refractivity (Wildman–Crippen MR) is 127 cm³/mol. The number of anilines is 1. The Balaban J connectivity index is 1.28. The highest BCUT2D eigenvalue weighted by atomic mass is 16.6. The number of nitro benzene ring substituents is 2. The molecule has 0 radical (unpaired) electrons. The molecule has 3 aliphatic heterocycles. The average molecular weight is 503 g/mol. The van der Waals surface area contributed by atoms with Crippen molar-refractivity contribution in [1.82, 2.24) is 9.80 Å². The molecular weight excluding hydrogens is 486 g/mol. The van der Waals surface area contributed by atoms with Crippen LogP contribution in [0.4, 0.5) is 26.7 Å². The van der Waals surface area contributed by atoms with Gasteiger partial charge in [-0.2, -0.15) is 0 Å². The van der Waals surface area contributed by atoms with Crippen LogP contribution in [0.5, 0.6) is 5.75 Å². The number of non-ortho nitro benzene ring substituents is 2. The van der Waals surface area contributed by atoms with Crippen LogP contribution >= 0.6 is 0 Å². The second-order valence-corrected chi connectivity index (χ2v) is 8.94. The second-order valence-electron chi connectivity index (χ2n) is 8.94. The number of nitrogens with zero attached hydrogens (tertiary/aromatic N) is 5. The van der Waals surface area contributed by atoms with Crippen molar-refractivity contribution in [3.05, 3.63) is 80.9 Å². The van der Waals surface area contributed by atoms with Gasteiger partial charge in [0.05, 0.1) is 33.0 Å². The van der Waals surface area contributed by atoms with Gasteiger partial charge >= 0.3 is 12.1 Å². The topological polar surface area (TPSA) is 156 Å². The zero-order valence-corrected chi connectivity index (χ0v) is 18.9. The minimum atomic E-state index is -0.912. The molecule has 13 nitrogen and oxygen atoms in total. The van der Waals surface area contributed by atoms with Gasteiger partial charge in [0.15, 0.2) is 0 Å². The van der Waals surface area contributed by atoms with E-state index >= 15 is 0 Å². The van der Waals surface area contributed by atoms with Gasteiger partial charge in [0, 0.05) is 30.1 Å². The molecule has 6 rings (SSSR count). The van der Waals surface area contributed by atoms with Gasteiger partial charge in [-0.05, 0) is 30.7 Å². The molecule has 0 aromatic heterocycles. The summed E-state index contributed by atoms with van der Waals surface area (Å²) in [4.78, 5) is 65.0. The number of nitro groups is 2. The minimum absolute atomic E-state index is 0.114. The monoisotopic (exact) mass is 503 g/mol. The first kappa shape index (κ1) is 22.4. The van der Waals surface area contributed by atoms with Gasteiger partial charge in [-0.3, -0.25) is 25.0 Å². The van der Waals surface area contributed by atoms with E-state index < -0.39 is 46.0 Å². The van der Waals surface area contributed by atoms with Crippen molar-refractivity contribution < 1.29 is 29.0 Å². The Bertz CT molecular complexity index is 1520. The summed E-state index contributed by atoms with van der Waals surface area (Å²) in [6, 6.07) is 11.7. The lowest BCUT2D eigenvalue weighted by molar-refractivity contribution is -0.384. The van der Waals surface area contributed by atoms with Gasteiger partial charge in [0.1, 0.15) is 11.8 Å². The van der Waals surface area contributed by atoms with E-state index in [-0.39, 0.29) is 29.4 Å². The van der Waals surface area contributed by atoms with E-state index in [1.54, 1.807) is 24.3 Å². The lowest BCUT2D eigenvalue weighted by Crippen LogP contribution is -2.55. The molecule has 0 aliphatic carbocycles. The third-order valence-corrected chi connectivity index (χ3v) is 7.07. The number of imide groups is 1. The lowest BCUT2D eigenvalue weighted by Gasteiger charge is -2.34. The molecule has 3 aliphatic rings. The molecule has 37 heavy (non-hydrogen) atoms. The van der Waals surface area contributed by atoms with Crippen LogP contribution in [0.2, 0.25) is 0 Å².